The van der Waals surface area contributed by atoms with Crippen LogP contribution in [0.15, 0.2) is 47.6 Å². The third-order valence-electron chi connectivity index (χ3n) is 5.07. The van der Waals surface area contributed by atoms with E-state index in [0.717, 1.165) is 52.6 Å². The number of nitrogens with one attached hydrogen (secondary N) is 1. The molecular weight excluding hydrogens is 374 g/mol. The normalized spacial score (nSPS) is 16.5. The van der Waals surface area contributed by atoms with Crippen molar-refractivity contribution in [3.63, 3.8) is 0 Å². The van der Waals surface area contributed by atoms with Gasteiger partial charge >= 0.3 is 0 Å². The molecule has 0 spiro atoms. The molecule has 2 aromatic carbocycles. The van der Waals surface area contributed by atoms with Crippen LogP contribution in [-0.4, -0.2) is 47.3 Å². The van der Waals surface area contributed by atoms with Crippen LogP contribution in [0.3, 0.4) is 0 Å². The number of H-pyrrole nitrogens is 1. The van der Waals surface area contributed by atoms with E-state index in [2.05, 4.69) is 9.97 Å². The Morgan fingerprint density at radius 3 is 2.89 bits per heavy atom. The number of imidazole rings is 1. The molecule has 0 unspecified atom stereocenters. The minimum atomic E-state index is 0.00817. The number of methoxy groups -OCH3 is 2. The van der Waals surface area contributed by atoms with Crippen LogP contribution in [0.4, 0.5) is 0 Å². The van der Waals surface area contributed by atoms with Crippen LogP contribution in [0.1, 0.15) is 24.4 Å². The van der Waals surface area contributed by atoms with Crippen molar-refractivity contribution in [1.82, 2.24) is 14.9 Å². The van der Waals surface area contributed by atoms with Gasteiger partial charge in [0.15, 0.2) is 5.16 Å². The highest BCUT2D eigenvalue weighted by atomic mass is 32.2. The number of amides is 1. The van der Waals surface area contributed by atoms with Crippen LogP contribution in [0.25, 0.3) is 11.0 Å². The van der Waals surface area contributed by atoms with E-state index < -0.39 is 0 Å². The molecule has 1 aliphatic heterocycles. The van der Waals surface area contributed by atoms with Crippen molar-refractivity contribution in [2.24, 2.45) is 0 Å². The summed E-state index contributed by atoms with van der Waals surface area (Å²) in [7, 11) is 3.30. The molecule has 1 aromatic heterocycles. The first-order chi connectivity index (χ1) is 13.7. The van der Waals surface area contributed by atoms with Crippen molar-refractivity contribution in [2.45, 2.75) is 24.0 Å². The van der Waals surface area contributed by atoms with E-state index in [1.165, 1.54) is 11.8 Å². The lowest BCUT2D eigenvalue weighted by Crippen LogP contribution is -2.32. The van der Waals surface area contributed by atoms with Crippen molar-refractivity contribution in [2.75, 3.05) is 26.5 Å². The smallest absolute Gasteiger partial charge is 0.233 e. The molecule has 7 heteroatoms. The Balaban J connectivity index is 1.49. The quantitative estimate of drug-likeness (QED) is 0.636. The first-order valence-electron chi connectivity index (χ1n) is 9.28. The molecule has 0 bridgehead atoms. The predicted octanol–water partition coefficient (Wildman–Crippen LogP) is 4.04. The number of likely N-dealkylation sites (tertiary alicyclic amines) is 1. The van der Waals surface area contributed by atoms with Crippen molar-refractivity contribution < 1.29 is 14.3 Å². The third kappa shape index (κ3) is 3.67. The lowest BCUT2D eigenvalue weighted by molar-refractivity contribution is -0.129. The minimum Gasteiger partial charge on any atom is -0.497 e. The molecule has 28 heavy (non-hydrogen) atoms. The summed E-state index contributed by atoms with van der Waals surface area (Å²) < 4.78 is 10.9. The van der Waals surface area contributed by atoms with Crippen molar-refractivity contribution in [3.8, 4) is 11.5 Å². The Morgan fingerprint density at radius 2 is 2.11 bits per heavy atom. The fraction of sp³-hybridized carbons (Fsp3) is 0.333. The maximum absolute atomic E-state index is 13.0. The van der Waals surface area contributed by atoms with E-state index in [-0.39, 0.29) is 11.9 Å². The molecule has 1 amide bonds. The Labute approximate surface area is 168 Å². The van der Waals surface area contributed by atoms with Gasteiger partial charge in [0, 0.05) is 12.1 Å². The van der Waals surface area contributed by atoms with Gasteiger partial charge < -0.3 is 19.4 Å². The van der Waals surface area contributed by atoms with Gasteiger partial charge in [-0.3, -0.25) is 4.79 Å². The van der Waals surface area contributed by atoms with Gasteiger partial charge in [0.1, 0.15) is 11.5 Å². The number of aromatic nitrogens is 2. The van der Waals surface area contributed by atoms with Crippen molar-refractivity contribution in [1.29, 1.82) is 0 Å². The Hall–Kier alpha value is -2.67. The van der Waals surface area contributed by atoms with Gasteiger partial charge in [0.2, 0.25) is 5.91 Å². The highest BCUT2D eigenvalue weighted by molar-refractivity contribution is 7.99. The van der Waals surface area contributed by atoms with Gasteiger partial charge in [-0.2, -0.15) is 0 Å². The van der Waals surface area contributed by atoms with E-state index in [1.807, 2.05) is 47.4 Å². The zero-order valence-electron chi connectivity index (χ0n) is 16.0. The summed E-state index contributed by atoms with van der Waals surface area (Å²) in [6, 6.07) is 13.6. The zero-order chi connectivity index (χ0) is 19.5. The van der Waals surface area contributed by atoms with E-state index in [9.17, 15) is 4.79 Å². The monoisotopic (exact) mass is 397 g/mol. The molecule has 0 radical (unpaired) electrons. The number of carbonyl (C=O) groups excluding carboxylic acids is 1. The standard InChI is InChI=1S/C21H23N3O3S/c1-26-14-9-10-19(27-2)15(12-14)18-8-5-11-24(18)20(25)13-28-21-22-16-6-3-4-7-17(16)23-21/h3-4,6-7,9-10,12,18H,5,8,11,13H2,1-2H3,(H,22,23)/t18-/m0/s1. The van der Waals surface area contributed by atoms with Crippen LogP contribution in [0.2, 0.25) is 0 Å². The van der Waals surface area contributed by atoms with E-state index >= 15 is 0 Å². The molecule has 4 rings (SSSR count). The van der Waals surface area contributed by atoms with E-state index in [1.54, 1.807) is 14.2 Å². The molecule has 1 atom stereocenters. The highest BCUT2D eigenvalue weighted by Gasteiger charge is 2.32. The van der Waals surface area contributed by atoms with Crippen LogP contribution in [0.5, 0.6) is 11.5 Å². The second-order valence-electron chi connectivity index (χ2n) is 6.70. The molecule has 2 heterocycles. The highest BCUT2D eigenvalue weighted by Crippen LogP contribution is 2.39. The predicted molar refractivity (Wildman–Crippen MR) is 110 cm³/mol. The number of benzene rings is 2. The minimum absolute atomic E-state index is 0.00817. The zero-order valence-corrected chi connectivity index (χ0v) is 16.8. The Kier molecular flexibility index (Phi) is 5.43. The fourth-order valence-corrected chi connectivity index (χ4v) is 4.47. The van der Waals surface area contributed by atoms with Gasteiger partial charge in [0.25, 0.3) is 0 Å². The summed E-state index contributed by atoms with van der Waals surface area (Å²) in [5, 5.41) is 0.768. The number of thioether (sulfide) groups is 1. The summed E-state index contributed by atoms with van der Waals surface area (Å²) in [5.74, 6) is 2.02. The fourth-order valence-electron chi connectivity index (χ4n) is 3.70. The molecule has 6 nitrogen and oxygen atoms in total. The molecule has 1 fully saturated rings. The van der Waals surface area contributed by atoms with Gasteiger partial charge in [-0.25, -0.2) is 4.98 Å². The van der Waals surface area contributed by atoms with Crippen molar-refractivity contribution >= 4 is 28.7 Å². The molecule has 1 N–H and O–H groups in total. The molecule has 0 aliphatic carbocycles. The van der Waals surface area contributed by atoms with Gasteiger partial charge in [-0.15, -0.1) is 0 Å². The molecule has 146 valence electrons. The number of hydrogen-bond donors (Lipinski definition) is 1. The number of aromatic amines is 1. The first kappa shape index (κ1) is 18.7. The number of carbonyl (C=O) groups is 1. The molecular formula is C21H23N3O3S. The SMILES string of the molecule is COc1ccc(OC)c([C@@H]2CCCN2C(=O)CSc2nc3ccccc3[nH]2)c1. The second-order valence-corrected chi connectivity index (χ2v) is 7.66. The number of rotatable bonds is 6. The van der Waals surface area contributed by atoms with Gasteiger partial charge in [-0.1, -0.05) is 23.9 Å². The molecule has 3 aromatic rings. The van der Waals surface area contributed by atoms with Crippen LogP contribution >= 0.6 is 11.8 Å². The maximum atomic E-state index is 13.0. The second kappa shape index (κ2) is 8.14. The largest absolute Gasteiger partial charge is 0.497 e. The molecule has 1 aliphatic rings. The number of ether oxygens (including phenoxy) is 2. The molecule has 0 saturated carbocycles. The van der Waals surface area contributed by atoms with Crippen LogP contribution < -0.4 is 9.47 Å². The lowest BCUT2D eigenvalue weighted by Gasteiger charge is -2.26. The number of hydrogen-bond acceptors (Lipinski definition) is 5. The topological polar surface area (TPSA) is 67.5 Å². The Bertz CT molecular complexity index is 955. The van der Waals surface area contributed by atoms with Crippen LogP contribution in [-0.2, 0) is 4.79 Å². The number of fused-ring (bicyclic) bond motifs is 1. The Morgan fingerprint density at radius 1 is 1.25 bits per heavy atom. The van der Waals surface area contributed by atoms with Crippen LogP contribution in [0, 0.1) is 0 Å². The summed E-state index contributed by atoms with van der Waals surface area (Å²) >= 11 is 1.44. The third-order valence-corrected chi connectivity index (χ3v) is 5.93. The van der Waals surface area contributed by atoms with E-state index in [4.69, 9.17) is 9.47 Å². The molecule has 1 saturated heterocycles. The average Bonchev–Trinajstić information content (AvgIpc) is 3.38. The summed E-state index contributed by atoms with van der Waals surface area (Å²) in [5.41, 5.74) is 2.90. The average molecular weight is 398 g/mol. The summed E-state index contributed by atoms with van der Waals surface area (Å²) in [6.07, 6.45) is 1.90. The summed E-state index contributed by atoms with van der Waals surface area (Å²) in [6.45, 7) is 0.755. The van der Waals surface area contributed by atoms with Gasteiger partial charge in [0.05, 0.1) is 37.0 Å². The number of nitrogens with zero attached hydrogens (tertiary/aromatic N) is 2. The first-order valence-corrected chi connectivity index (χ1v) is 10.3. The van der Waals surface area contributed by atoms with Crippen molar-refractivity contribution in [3.05, 3.63) is 48.0 Å². The van der Waals surface area contributed by atoms with Gasteiger partial charge in [-0.05, 0) is 43.2 Å². The lowest BCUT2D eigenvalue weighted by atomic mass is 10.0. The number of para-hydroxylation sites is 2. The summed E-state index contributed by atoms with van der Waals surface area (Å²) in [4.78, 5) is 22.7. The maximum Gasteiger partial charge on any atom is 0.233 e. The van der Waals surface area contributed by atoms with E-state index in [0.29, 0.717) is 5.75 Å².